The van der Waals surface area contributed by atoms with Crippen LogP contribution in [0.5, 0.6) is 11.6 Å². The zero-order chi connectivity index (χ0) is 25.4. The summed E-state index contributed by atoms with van der Waals surface area (Å²) >= 11 is 6.04. The molecular formula is C26H17ClFN5O3. The number of nitrogens with zero attached hydrogens (tertiary/aromatic N) is 4. The second kappa shape index (κ2) is 9.17. The molecule has 10 heteroatoms. The third-order valence-corrected chi connectivity index (χ3v) is 5.91. The number of aromatic nitrogens is 4. The van der Waals surface area contributed by atoms with Crippen molar-refractivity contribution >= 4 is 22.5 Å². The van der Waals surface area contributed by atoms with E-state index in [4.69, 9.17) is 16.3 Å². The Kier molecular flexibility index (Phi) is 5.88. The van der Waals surface area contributed by atoms with Crippen LogP contribution in [0.2, 0.25) is 5.02 Å². The molecule has 0 bridgehead atoms. The van der Waals surface area contributed by atoms with E-state index in [1.54, 1.807) is 43.6 Å². The van der Waals surface area contributed by atoms with Gasteiger partial charge in [0.25, 0.3) is 5.56 Å². The lowest BCUT2D eigenvalue weighted by Gasteiger charge is -2.19. The van der Waals surface area contributed by atoms with E-state index in [1.165, 1.54) is 18.3 Å². The number of hydrogen-bond acceptors (Lipinski definition) is 5. The van der Waals surface area contributed by atoms with Gasteiger partial charge in [0.15, 0.2) is 0 Å². The monoisotopic (exact) mass is 501 g/mol. The minimum atomic E-state index is -0.790. The van der Waals surface area contributed by atoms with Crippen molar-refractivity contribution in [2.45, 2.75) is 13.5 Å². The number of halogens is 2. The van der Waals surface area contributed by atoms with Gasteiger partial charge in [-0.05, 0) is 54.4 Å². The molecule has 5 rings (SSSR count). The van der Waals surface area contributed by atoms with E-state index in [-0.39, 0.29) is 27.7 Å². The number of aromatic amines is 1. The minimum Gasteiger partial charge on any atom is -0.439 e. The van der Waals surface area contributed by atoms with Crippen molar-refractivity contribution in [3.8, 4) is 34.5 Å². The zero-order valence-electron chi connectivity index (χ0n) is 18.8. The molecule has 36 heavy (non-hydrogen) atoms. The molecule has 0 aliphatic rings. The van der Waals surface area contributed by atoms with Crippen molar-refractivity contribution < 1.29 is 9.13 Å². The predicted octanol–water partition coefficient (Wildman–Crippen LogP) is 4.96. The maximum absolute atomic E-state index is 14.0. The Morgan fingerprint density at radius 1 is 1.17 bits per heavy atom. The van der Waals surface area contributed by atoms with Gasteiger partial charge >= 0.3 is 5.69 Å². The molecule has 0 spiro atoms. The highest BCUT2D eigenvalue weighted by Gasteiger charge is 2.25. The third-order valence-electron chi connectivity index (χ3n) is 5.62. The van der Waals surface area contributed by atoms with Crippen LogP contribution in [0.1, 0.15) is 5.56 Å². The van der Waals surface area contributed by atoms with Crippen molar-refractivity contribution in [1.82, 2.24) is 19.1 Å². The number of benzene rings is 2. The lowest BCUT2D eigenvalue weighted by molar-refractivity contribution is 0.426. The number of nitriles is 1. The van der Waals surface area contributed by atoms with Gasteiger partial charge in [-0.2, -0.15) is 5.26 Å². The number of pyridine rings is 1. The molecule has 0 aliphatic carbocycles. The highest BCUT2D eigenvalue weighted by Crippen LogP contribution is 2.35. The predicted molar refractivity (Wildman–Crippen MR) is 133 cm³/mol. The first kappa shape index (κ1) is 23.1. The van der Waals surface area contributed by atoms with Gasteiger partial charge in [-0.25, -0.2) is 18.3 Å². The summed E-state index contributed by atoms with van der Waals surface area (Å²) in [6.45, 7) is 1.35. The second-order valence-corrected chi connectivity index (χ2v) is 8.40. The van der Waals surface area contributed by atoms with E-state index < -0.39 is 23.6 Å². The topological polar surface area (TPSA) is 106 Å². The molecule has 0 atom stereocenters. The minimum absolute atomic E-state index is 0.0687. The Balaban J connectivity index is 1.88. The van der Waals surface area contributed by atoms with Crippen LogP contribution >= 0.6 is 11.6 Å². The van der Waals surface area contributed by atoms with Gasteiger partial charge in [-0.15, -0.1) is 0 Å². The number of H-pyrrole nitrogens is 1. The molecule has 0 unspecified atom stereocenters. The molecule has 0 saturated carbocycles. The van der Waals surface area contributed by atoms with Crippen LogP contribution in [0, 0.1) is 24.1 Å². The first-order valence-corrected chi connectivity index (χ1v) is 11.1. The van der Waals surface area contributed by atoms with E-state index in [1.807, 2.05) is 12.1 Å². The maximum atomic E-state index is 14.0. The molecule has 8 nitrogen and oxygen atoms in total. The van der Waals surface area contributed by atoms with Gasteiger partial charge < -0.3 is 9.72 Å². The second-order valence-electron chi connectivity index (χ2n) is 7.99. The fraction of sp³-hybridized carbons (Fsp3) is 0.0769. The quantitative estimate of drug-likeness (QED) is 0.366. The van der Waals surface area contributed by atoms with Crippen molar-refractivity contribution in [2.24, 2.45) is 0 Å². The molecule has 1 N–H and O–H groups in total. The van der Waals surface area contributed by atoms with Crippen LogP contribution in [0.15, 0.2) is 76.7 Å². The molecule has 178 valence electrons. The smallest absolute Gasteiger partial charge is 0.339 e. The third kappa shape index (κ3) is 3.93. The molecule has 0 amide bonds. The standard InChI is InChI=1S/C26H17ClFN5O3/c1-15-11-17(14-30-13-15)33-24(34)23(16-5-6-20(28)19(27)12-16)25(32(10-8-29)26(33)35)36-22-4-2-3-21-18(22)7-9-31-21/h2-7,9,11-14,31H,10H2,1H3. The summed E-state index contributed by atoms with van der Waals surface area (Å²) in [6.07, 6.45) is 4.68. The molecule has 0 saturated heterocycles. The Labute approximate surface area is 208 Å². The number of ether oxygens (including phenoxy) is 1. The first-order chi connectivity index (χ1) is 17.4. The number of rotatable bonds is 5. The van der Waals surface area contributed by atoms with Crippen LogP contribution < -0.4 is 16.0 Å². The van der Waals surface area contributed by atoms with E-state index >= 15 is 0 Å². The van der Waals surface area contributed by atoms with E-state index in [9.17, 15) is 19.2 Å². The van der Waals surface area contributed by atoms with E-state index in [2.05, 4.69) is 9.97 Å². The summed E-state index contributed by atoms with van der Waals surface area (Å²) in [7, 11) is 0. The lowest BCUT2D eigenvalue weighted by atomic mass is 10.1. The van der Waals surface area contributed by atoms with Gasteiger partial charge in [-0.3, -0.25) is 9.78 Å². The van der Waals surface area contributed by atoms with Crippen molar-refractivity contribution in [3.63, 3.8) is 0 Å². The Morgan fingerprint density at radius 2 is 2.00 bits per heavy atom. The van der Waals surface area contributed by atoms with Gasteiger partial charge in [0.05, 0.1) is 23.0 Å². The van der Waals surface area contributed by atoms with Crippen molar-refractivity contribution in [1.29, 1.82) is 5.26 Å². The number of hydrogen-bond donors (Lipinski definition) is 1. The summed E-state index contributed by atoms with van der Waals surface area (Å²) in [4.78, 5) is 34.6. The summed E-state index contributed by atoms with van der Waals surface area (Å²) in [5, 5.41) is 10.0. The highest BCUT2D eigenvalue weighted by atomic mass is 35.5. The van der Waals surface area contributed by atoms with Crippen molar-refractivity contribution in [3.05, 3.63) is 104 Å². The number of fused-ring (bicyclic) bond motifs is 1. The van der Waals surface area contributed by atoms with Crippen LogP contribution in [0.4, 0.5) is 4.39 Å². The maximum Gasteiger partial charge on any atom is 0.339 e. The van der Waals surface area contributed by atoms with Gasteiger partial charge in [0, 0.05) is 23.3 Å². The average Bonchev–Trinajstić information content (AvgIpc) is 3.34. The molecule has 3 aromatic heterocycles. The fourth-order valence-electron chi connectivity index (χ4n) is 3.99. The molecule has 3 heterocycles. The summed E-state index contributed by atoms with van der Waals surface area (Å²) in [6, 6.07) is 14.4. The fourth-order valence-corrected chi connectivity index (χ4v) is 4.17. The van der Waals surface area contributed by atoms with Crippen LogP contribution in [-0.4, -0.2) is 19.1 Å². The van der Waals surface area contributed by atoms with E-state index in [0.29, 0.717) is 11.1 Å². The SMILES string of the molecule is Cc1cncc(-n2c(=O)c(-c3ccc(F)c(Cl)c3)c(Oc3cccc4[nH]ccc34)n(CC#N)c2=O)c1. The zero-order valence-corrected chi connectivity index (χ0v) is 19.6. The summed E-state index contributed by atoms with van der Waals surface area (Å²) in [5.74, 6) is -0.489. The van der Waals surface area contributed by atoms with Crippen molar-refractivity contribution in [2.75, 3.05) is 0 Å². The van der Waals surface area contributed by atoms with Gasteiger partial charge in [0.1, 0.15) is 23.7 Å². The van der Waals surface area contributed by atoms with Gasteiger partial charge in [-0.1, -0.05) is 23.7 Å². The lowest BCUT2D eigenvalue weighted by Crippen LogP contribution is -2.40. The Morgan fingerprint density at radius 3 is 2.75 bits per heavy atom. The average molecular weight is 502 g/mol. The normalized spacial score (nSPS) is 10.9. The molecule has 0 fully saturated rings. The number of nitrogens with one attached hydrogen (secondary N) is 1. The molecule has 0 aliphatic heterocycles. The largest absolute Gasteiger partial charge is 0.439 e. The van der Waals surface area contributed by atoms with Crippen LogP contribution in [-0.2, 0) is 6.54 Å². The highest BCUT2D eigenvalue weighted by molar-refractivity contribution is 6.31. The Hall–Kier alpha value is -4.68. The van der Waals surface area contributed by atoms with Gasteiger partial charge in [0.2, 0.25) is 5.88 Å². The van der Waals surface area contributed by atoms with E-state index in [0.717, 1.165) is 26.3 Å². The molecule has 2 aromatic carbocycles. The Bertz CT molecular complexity index is 1800. The van der Waals surface area contributed by atoms with Crippen LogP contribution in [0.3, 0.4) is 0 Å². The summed E-state index contributed by atoms with van der Waals surface area (Å²) < 4.78 is 22.2. The van der Waals surface area contributed by atoms with Crippen LogP contribution in [0.25, 0.3) is 27.7 Å². The molecular weight excluding hydrogens is 485 g/mol. The molecule has 5 aromatic rings. The summed E-state index contributed by atoms with van der Waals surface area (Å²) in [5.41, 5.74) is 0.321. The molecule has 0 radical (unpaired) electrons. The number of aryl methyl sites for hydroxylation is 1. The first-order valence-electron chi connectivity index (χ1n) is 10.8.